The molecule has 210 valence electrons. The molecule has 0 fully saturated rings. The lowest BCUT2D eigenvalue weighted by atomic mass is 9.82. The first-order valence-corrected chi connectivity index (χ1v) is 13.5. The molecule has 40 heavy (non-hydrogen) atoms. The van der Waals surface area contributed by atoms with E-state index < -0.39 is 5.97 Å². The van der Waals surface area contributed by atoms with Crippen molar-refractivity contribution in [1.82, 2.24) is 10.6 Å². The SMILES string of the molecule is CNC(CCC(=O)NCCOC(=O)c1ccc(/N=C2\C(=O)C3=C(OC(C)(C)CC3)c3ccccc32)cc1)C(C)=O. The van der Waals surface area contributed by atoms with Gasteiger partial charge in [-0.15, -0.1) is 0 Å². The molecule has 9 heteroatoms. The molecular weight excluding hydrogens is 510 g/mol. The molecule has 1 aliphatic heterocycles. The molecule has 0 aromatic heterocycles. The van der Waals surface area contributed by atoms with E-state index in [0.717, 1.165) is 17.5 Å². The fourth-order valence-electron chi connectivity index (χ4n) is 4.76. The molecular formula is C31H35N3O6. The van der Waals surface area contributed by atoms with E-state index in [1.807, 2.05) is 38.1 Å². The van der Waals surface area contributed by atoms with Crippen molar-refractivity contribution in [2.24, 2.45) is 4.99 Å². The zero-order valence-electron chi connectivity index (χ0n) is 23.3. The summed E-state index contributed by atoms with van der Waals surface area (Å²) in [6.45, 7) is 5.70. The van der Waals surface area contributed by atoms with Gasteiger partial charge in [0.05, 0.1) is 23.8 Å². The summed E-state index contributed by atoms with van der Waals surface area (Å²) in [4.78, 5) is 54.0. The maximum absolute atomic E-state index is 13.4. The maximum atomic E-state index is 13.4. The van der Waals surface area contributed by atoms with Crippen molar-refractivity contribution >= 4 is 40.6 Å². The highest BCUT2D eigenvalue weighted by Gasteiger charge is 2.38. The van der Waals surface area contributed by atoms with Gasteiger partial charge in [0, 0.05) is 23.1 Å². The molecule has 0 saturated carbocycles. The number of rotatable bonds is 10. The number of allylic oxidation sites excluding steroid dienone is 1. The molecule has 1 heterocycles. The predicted octanol–water partition coefficient (Wildman–Crippen LogP) is 3.92. The molecule has 0 spiro atoms. The normalized spacial score (nSPS) is 17.4. The van der Waals surface area contributed by atoms with E-state index in [2.05, 4.69) is 15.6 Å². The average Bonchev–Trinajstić information content (AvgIpc) is 2.93. The molecule has 4 rings (SSSR count). The molecule has 2 aromatic carbocycles. The van der Waals surface area contributed by atoms with E-state index in [9.17, 15) is 19.2 Å². The summed E-state index contributed by atoms with van der Waals surface area (Å²) >= 11 is 0. The first kappa shape index (κ1) is 28.9. The third kappa shape index (κ3) is 6.71. The molecule has 1 amide bonds. The second-order valence-electron chi connectivity index (χ2n) is 10.5. The summed E-state index contributed by atoms with van der Waals surface area (Å²) in [6.07, 6.45) is 1.95. The number of esters is 1. The summed E-state index contributed by atoms with van der Waals surface area (Å²) in [5.74, 6) is -0.269. The Hall–Kier alpha value is -4.11. The molecule has 1 aliphatic carbocycles. The van der Waals surface area contributed by atoms with E-state index in [4.69, 9.17) is 9.47 Å². The summed E-state index contributed by atoms with van der Waals surface area (Å²) < 4.78 is 11.5. The van der Waals surface area contributed by atoms with Gasteiger partial charge in [0.15, 0.2) is 0 Å². The van der Waals surface area contributed by atoms with Gasteiger partial charge in [0.1, 0.15) is 29.5 Å². The Labute approximate surface area is 234 Å². The fraction of sp³-hybridized carbons (Fsp3) is 0.387. The van der Waals surface area contributed by atoms with E-state index in [0.29, 0.717) is 41.1 Å². The smallest absolute Gasteiger partial charge is 0.338 e. The first-order valence-electron chi connectivity index (χ1n) is 13.5. The minimum atomic E-state index is -0.531. The van der Waals surface area contributed by atoms with Crippen LogP contribution in [0.2, 0.25) is 0 Å². The van der Waals surface area contributed by atoms with Crippen molar-refractivity contribution < 1.29 is 28.7 Å². The number of Topliss-reactive ketones (excluding diaryl/α,β-unsaturated/α-hetero) is 2. The highest BCUT2D eigenvalue weighted by Crippen LogP contribution is 2.41. The number of benzene rings is 2. The van der Waals surface area contributed by atoms with Crippen molar-refractivity contribution in [1.29, 1.82) is 0 Å². The topological polar surface area (TPSA) is 123 Å². The predicted molar refractivity (Wildman–Crippen MR) is 151 cm³/mol. The zero-order valence-corrected chi connectivity index (χ0v) is 23.3. The highest BCUT2D eigenvalue weighted by atomic mass is 16.5. The fourth-order valence-corrected chi connectivity index (χ4v) is 4.76. The number of hydrogen-bond acceptors (Lipinski definition) is 8. The quantitative estimate of drug-likeness (QED) is 0.343. The Kier molecular flexibility index (Phi) is 8.94. The number of ketones is 2. The molecule has 2 N–H and O–H groups in total. The van der Waals surface area contributed by atoms with Gasteiger partial charge < -0.3 is 20.1 Å². The third-order valence-corrected chi connectivity index (χ3v) is 7.05. The van der Waals surface area contributed by atoms with Gasteiger partial charge in [0.25, 0.3) is 0 Å². The number of fused-ring (bicyclic) bond motifs is 2. The molecule has 1 atom stereocenters. The second-order valence-corrected chi connectivity index (χ2v) is 10.5. The van der Waals surface area contributed by atoms with Gasteiger partial charge in [-0.25, -0.2) is 9.79 Å². The number of amides is 1. The zero-order chi connectivity index (χ0) is 28.9. The van der Waals surface area contributed by atoms with Crippen LogP contribution in [-0.4, -0.2) is 61.0 Å². The van der Waals surface area contributed by atoms with Crippen molar-refractivity contribution in [3.63, 3.8) is 0 Å². The van der Waals surface area contributed by atoms with Crippen molar-refractivity contribution in [2.45, 2.75) is 58.1 Å². The average molecular weight is 546 g/mol. The van der Waals surface area contributed by atoms with Crippen LogP contribution in [0, 0.1) is 0 Å². The number of hydrogen-bond donors (Lipinski definition) is 2. The minimum absolute atomic E-state index is 0.0123. The number of aliphatic imine (C=N–C) groups is 1. The lowest BCUT2D eigenvalue weighted by Gasteiger charge is -2.36. The van der Waals surface area contributed by atoms with Crippen LogP contribution in [-0.2, 0) is 23.9 Å². The Morgan fingerprint density at radius 3 is 2.45 bits per heavy atom. The molecule has 9 nitrogen and oxygen atoms in total. The highest BCUT2D eigenvalue weighted by molar-refractivity contribution is 6.54. The van der Waals surface area contributed by atoms with Gasteiger partial charge in [0.2, 0.25) is 11.7 Å². The van der Waals surface area contributed by atoms with Gasteiger partial charge in [-0.1, -0.05) is 24.3 Å². The van der Waals surface area contributed by atoms with Crippen LogP contribution in [0.25, 0.3) is 5.76 Å². The summed E-state index contributed by atoms with van der Waals surface area (Å²) in [5, 5.41) is 5.56. The maximum Gasteiger partial charge on any atom is 0.338 e. The Balaban J connectivity index is 1.36. The third-order valence-electron chi connectivity index (χ3n) is 7.05. The Morgan fingerprint density at radius 1 is 1.07 bits per heavy atom. The standard InChI is InChI=1S/C31H35N3O6/c1-19(35)25(32-4)13-14-26(36)33-17-18-39-30(38)20-9-11-21(12-10-20)34-27-22-7-5-6-8-23(22)29-24(28(27)37)15-16-31(2,3)40-29/h5-12,25,32H,13-18H2,1-4H3,(H,33,36)/b34-27-. The number of ether oxygens (including phenoxy) is 2. The summed E-state index contributed by atoms with van der Waals surface area (Å²) in [7, 11) is 1.68. The second kappa shape index (κ2) is 12.4. The van der Waals surface area contributed by atoms with Crippen LogP contribution in [0.3, 0.4) is 0 Å². The number of likely N-dealkylation sites (N-methyl/N-ethyl adjacent to an activating group) is 1. The van der Waals surface area contributed by atoms with Gasteiger partial charge in [-0.3, -0.25) is 14.4 Å². The van der Waals surface area contributed by atoms with Crippen molar-refractivity contribution in [3.05, 3.63) is 70.8 Å². The van der Waals surface area contributed by atoms with Crippen molar-refractivity contribution in [3.8, 4) is 0 Å². The van der Waals surface area contributed by atoms with E-state index in [1.165, 1.54) is 6.92 Å². The molecule has 2 aromatic rings. The Morgan fingerprint density at radius 2 is 1.77 bits per heavy atom. The molecule has 0 radical (unpaired) electrons. The van der Waals surface area contributed by atoms with E-state index in [-0.39, 0.29) is 48.7 Å². The first-order chi connectivity index (χ1) is 19.1. The van der Waals surface area contributed by atoms with Gasteiger partial charge >= 0.3 is 5.97 Å². The molecule has 2 aliphatic rings. The van der Waals surface area contributed by atoms with Crippen LogP contribution in [0.4, 0.5) is 5.69 Å². The lowest BCUT2D eigenvalue weighted by molar-refractivity contribution is -0.122. The van der Waals surface area contributed by atoms with Crippen molar-refractivity contribution in [2.75, 3.05) is 20.2 Å². The lowest BCUT2D eigenvalue weighted by Crippen LogP contribution is -2.35. The van der Waals surface area contributed by atoms with Gasteiger partial charge in [-0.2, -0.15) is 0 Å². The van der Waals surface area contributed by atoms with Crippen LogP contribution in [0.5, 0.6) is 0 Å². The number of carbonyl (C=O) groups is 4. The number of carbonyl (C=O) groups excluding carboxylic acids is 4. The van der Waals surface area contributed by atoms with Crippen LogP contribution >= 0.6 is 0 Å². The number of nitrogens with one attached hydrogen (secondary N) is 2. The Bertz CT molecular complexity index is 1370. The summed E-state index contributed by atoms with van der Waals surface area (Å²) in [5.41, 5.74) is 3.10. The molecule has 1 unspecified atom stereocenters. The van der Waals surface area contributed by atoms with Crippen LogP contribution in [0.1, 0.15) is 67.9 Å². The largest absolute Gasteiger partial charge is 0.487 e. The van der Waals surface area contributed by atoms with E-state index >= 15 is 0 Å². The van der Waals surface area contributed by atoms with Gasteiger partial charge in [-0.05, 0) is 71.3 Å². The van der Waals surface area contributed by atoms with Crippen LogP contribution < -0.4 is 10.6 Å². The molecule has 0 saturated heterocycles. The number of nitrogens with zero attached hydrogens (tertiary/aromatic N) is 1. The van der Waals surface area contributed by atoms with Crippen LogP contribution in [0.15, 0.2) is 59.1 Å². The molecule has 0 bridgehead atoms. The summed E-state index contributed by atoms with van der Waals surface area (Å²) in [6, 6.07) is 13.8. The van der Waals surface area contributed by atoms with E-state index in [1.54, 1.807) is 31.3 Å². The minimum Gasteiger partial charge on any atom is -0.487 e. The monoisotopic (exact) mass is 545 g/mol.